The first kappa shape index (κ1) is 13.4. The van der Waals surface area contributed by atoms with Gasteiger partial charge in [-0.1, -0.05) is 6.92 Å². The number of hydrogen-bond acceptors (Lipinski definition) is 3. The minimum Gasteiger partial charge on any atom is -0.377 e. The van der Waals surface area contributed by atoms with E-state index in [1.54, 1.807) is 17.0 Å². The third-order valence-electron chi connectivity index (χ3n) is 3.56. The maximum Gasteiger partial charge on any atom is 0.325 e. The Labute approximate surface area is 108 Å². The Kier molecular flexibility index (Phi) is 5.01. The number of aromatic nitrogens is 2. The zero-order chi connectivity index (χ0) is 12.8. The normalized spacial score (nSPS) is 20.4. The van der Waals surface area contributed by atoms with E-state index in [1.807, 2.05) is 0 Å². The second-order valence-electron chi connectivity index (χ2n) is 4.84. The van der Waals surface area contributed by atoms with Gasteiger partial charge in [-0.3, -0.25) is 9.47 Å². The molecule has 5 heteroatoms. The van der Waals surface area contributed by atoms with E-state index in [-0.39, 0.29) is 5.69 Å². The maximum absolute atomic E-state index is 11.4. The van der Waals surface area contributed by atoms with Crippen LogP contribution >= 0.6 is 0 Å². The Morgan fingerprint density at radius 1 is 1.56 bits per heavy atom. The van der Waals surface area contributed by atoms with E-state index in [0.717, 1.165) is 32.8 Å². The van der Waals surface area contributed by atoms with Crippen LogP contribution < -0.4 is 5.69 Å². The Bertz CT molecular complexity index is 393. The van der Waals surface area contributed by atoms with Gasteiger partial charge in [0, 0.05) is 38.6 Å². The molecule has 1 N–H and O–H groups in total. The average molecular weight is 253 g/mol. The summed E-state index contributed by atoms with van der Waals surface area (Å²) >= 11 is 0. The van der Waals surface area contributed by atoms with Crippen molar-refractivity contribution in [1.82, 2.24) is 14.5 Å². The fourth-order valence-electron chi connectivity index (χ4n) is 2.39. The number of aromatic amines is 1. The predicted molar refractivity (Wildman–Crippen MR) is 70.8 cm³/mol. The molecule has 102 valence electrons. The van der Waals surface area contributed by atoms with E-state index >= 15 is 0 Å². The molecule has 2 rings (SSSR count). The van der Waals surface area contributed by atoms with Crippen molar-refractivity contribution in [2.75, 3.05) is 26.2 Å². The van der Waals surface area contributed by atoms with Crippen LogP contribution in [-0.2, 0) is 11.3 Å². The van der Waals surface area contributed by atoms with Gasteiger partial charge in [-0.05, 0) is 25.8 Å². The summed E-state index contributed by atoms with van der Waals surface area (Å²) in [5.74, 6) is 0. The molecule has 0 amide bonds. The summed E-state index contributed by atoms with van der Waals surface area (Å²) in [6.45, 7) is 6.67. The van der Waals surface area contributed by atoms with Gasteiger partial charge in [0.2, 0.25) is 0 Å². The van der Waals surface area contributed by atoms with Gasteiger partial charge in [0.25, 0.3) is 0 Å². The van der Waals surface area contributed by atoms with Gasteiger partial charge in [-0.2, -0.15) is 0 Å². The van der Waals surface area contributed by atoms with Gasteiger partial charge < -0.3 is 9.72 Å². The molecular weight excluding hydrogens is 230 g/mol. The second kappa shape index (κ2) is 6.75. The number of nitrogens with zero attached hydrogens (tertiary/aromatic N) is 2. The van der Waals surface area contributed by atoms with Crippen molar-refractivity contribution in [3.8, 4) is 0 Å². The molecule has 0 aromatic carbocycles. The van der Waals surface area contributed by atoms with Crippen LogP contribution in [0.15, 0.2) is 17.2 Å². The third-order valence-corrected chi connectivity index (χ3v) is 3.56. The topological polar surface area (TPSA) is 50.3 Å². The average Bonchev–Trinajstić information content (AvgIpc) is 2.81. The molecular formula is C13H23N3O2. The first-order chi connectivity index (χ1) is 8.79. The number of hydrogen-bond donors (Lipinski definition) is 1. The smallest absolute Gasteiger partial charge is 0.325 e. The molecule has 0 radical (unpaired) electrons. The molecule has 0 spiro atoms. The van der Waals surface area contributed by atoms with Crippen LogP contribution in [-0.4, -0.2) is 46.8 Å². The van der Waals surface area contributed by atoms with Crippen LogP contribution in [0.25, 0.3) is 0 Å². The zero-order valence-corrected chi connectivity index (χ0v) is 11.1. The van der Waals surface area contributed by atoms with Gasteiger partial charge in [-0.25, -0.2) is 4.79 Å². The van der Waals surface area contributed by atoms with E-state index in [9.17, 15) is 4.79 Å². The summed E-state index contributed by atoms with van der Waals surface area (Å²) in [5, 5.41) is 0. The van der Waals surface area contributed by atoms with Gasteiger partial charge >= 0.3 is 5.69 Å². The summed E-state index contributed by atoms with van der Waals surface area (Å²) in [7, 11) is 0. The summed E-state index contributed by atoms with van der Waals surface area (Å²) in [4.78, 5) is 16.4. The number of likely N-dealkylation sites (N-methyl/N-ethyl adjacent to an activating group) is 1. The predicted octanol–water partition coefficient (Wildman–Crippen LogP) is 1.07. The first-order valence-electron chi connectivity index (χ1n) is 6.87. The molecule has 0 bridgehead atoms. The van der Waals surface area contributed by atoms with Crippen LogP contribution in [0, 0.1) is 0 Å². The van der Waals surface area contributed by atoms with E-state index in [0.29, 0.717) is 6.10 Å². The summed E-state index contributed by atoms with van der Waals surface area (Å²) < 4.78 is 7.47. The Morgan fingerprint density at radius 2 is 2.44 bits per heavy atom. The van der Waals surface area contributed by atoms with E-state index in [4.69, 9.17) is 4.74 Å². The van der Waals surface area contributed by atoms with Crippen molar-refractivity contribution >= 4 is 0 Å². The fourth-order valence-corrected chi connectivity index (χ4v) is 2.39. The fraction of sp³-hybridized carbons (Fsp3) is 0.769. The summed E-state index contributed by atoms with van der Waals surface area (Å²) in [5.41, 5.74) is -0.0278. The molecule has 0 aliphatic carbocycles. The van der Waals surface area contributed by atoms with Crippen molar-refractivity contribution < 1.29 is 4.74 Å². The van der Waals surface area contributed by atoms with Crippen molar-refractivity contribution in [3.05, 3.63) is 22.9 Å². The lowest BCUT2D eigenvalue weighted by atomic mass is 10.1. The Balaban J connectivity index is 1.78. The monoisotopic (exact) mass is 253 g/mol. The Hall–Kier alpha value is -1.07. The Morgan fingerprint density at radius 3 is 3.06 bits per heavy atom. The number of ether oxygens (including phenoxy) is 1. The highest BCUT2D eigenvalue weighted by Gasteiger charge is 2.16. The molecule has 1 fully saturated rings. The number of imidazole rings is 1. The molecule has 0 saturated carbocycles. The molecule has 1 aromatic heterocycles. The molecule has 1 aliphatic rings. The SMILES string of the molecule is CCN(CCn1cc[nH]c1=O)C[C@@H]1CCCCO1. The van der Waals surface area contributed by atoms with Crippen molar-refractivity contribution in [1.29, 1.82) is 0 Å². The second-order valence-corrected chi connectivity index (χ2v) is 4.84. The zero-order valence-electron chi connectivity index (χ0n) is 11.1. The minimum absolute atomic E-state index is 0.0278. The van der Waals surface area contributed by atoms with Gasteiger partial charge in [0.15, 0.2) is 0 Å². The molecule has 2 heterocycles. The number of H-pyrrole nitrogens is 1. The highest BCUT2D eigenvalue weighted by Crippen LogP contribution is 2.13. The van der Waals surface area contributed by atoms with Crippen LogP contribution in [0.5, 0.6) is 0 Å². The number of rotatable bonds is 6. The molecule has 5 nitrogen and oxygen atoms in total. The van der Waals surface area contributed by atoms with Crippen LogP contribution in [0.1, 0.15) is 26.2 Å². The van der Waals surface area contributed by atoms with Crippen molar-refractivity contribution in [3.63, 3.8) is 0 Å². The standard InChI is InChI=1S/C13H23N3O2/c1-2-15(11-12-5-3-4-10-18-12)8-9-16-7-6-14-13(16)17/h6-7,12H,2-5,8-11H2,1H3,(H,14,17)/t12-/m0/s1. The van der Waals surface area contributed by atoms with Crippen LogP contribution in [0.3, 0.4) is 0 Å². The summed E-state index contributed by atoms with van der Waals surface area (Å²) in [6, 6.07) is 0. The molecule has 18 heavy (non-hydrogen) atoms. The lowest BCUT2D eigenvalue weighted by Crippen LogP contribution is -2.38. The van der Waals surface area contributed by atoms with E-state index in [2.05, 4.69) is 16.8 Å². The molecule has 0 unspecified atom stereocenters. The van der Waals surface area contributed by atoms with Gasteiger partial charge in [-0.15, -0.1) is 0 Å². The summed E-state index contributed by atoms with van der Waals surface area (Å²) in [6.07, 6.45) is 7.50. The quantitative estimate of drug-likeness (QED) is 0.825. The van der Waals surface area contributed by atoms with Crippen molar-refractivity contribution in [2.45, 2.75) is 38.8 Å². The minimum atomic E-state index is -0.0278. The van der Waals surface area contributed by atoms with Gasteiger partial charge in [0.1, 0.15) is 0 Å². The number of nitrogens with one attached hydrogen (secondary N) is 1. The maximum atomic E-state index is 11.4. The van der Waals surface area contributed by atoms with Gasteiger partial charge in [0.05, 0.1) is 6.10 Å². The molecule has 1 aromatic rings. The molecule has 1 atom stereocenters. The molecule has 1 saturated heterocycles. The highest BCUT2D eigenvalue weighted by molar-refractivity contribution is 4.77. The van der Waals surface area contributed by atoms with E-state index < -0.39 is 0 Å². The van der Waals surface area contributed by atoms with E-state index in [1.165, 1.54) is 19.3 Å². The van der Waals surface area contributed by atoms with Crippen LogP contribution in [0.4, 0.5) is 0 Å². The van der Waals surface area contributed by atoms with Crippen LogP contribution in [0.2, 0.25) is 0 Å². The lowest BCUT2D eigenvalue weighted by Gasteiger charge is -2.29. The largest absolute Gasteiger partial charge is 0.377 e. The highest BCUT2D eigenvalue weighted by atomic mass is 16.5. The first-order valence-corrected chi connectivity index (χ1v) is 6.87. The third kappa shape index (κ3) is 3.71. The van der Waals surface area contributed by atoms with Crippen molar-refractivity contribution in [2.24, 2.45) is 0 Å². The lowest BCUT2D eigenvalue weighted by molar-refractivity contribution is -0.00534. The molecule has 1 aliphatic heterocycles.